The molecule has 4 rings (SSSR count). The fraction of sp³-hybridized carbons (Fsp3) is 0.368. The van der Waals surface area contributed by atoms with E-state index in [1.165, 1.54) is 30.5 Å². The minimum atomic E-state index is -3.99. The van der Waals surface area contributed by atoms with Gasteiger partial charge in [-0.2, -0.15) is 0 Å². The van der Waals surface area contributed by atoms with Crippen LogP contribution in [0.3, 0.4) is 0 Å². The number of aliphatic hydroxyl groups is 1. The van der Waals surface area contributed by atoms with Gasteiger partial charge in [0.25, 0.3) is 15.9 Å². The molecule has 1 saturated carbocycles. The molecule has 0 spiro atoms. The second-order valence-electron chi connectivity index (χ2n) is 7.13. The molecule has 160 valence electrons. The van der Waals surface area contributed by atoms with Crippen molar-refractivity contribution in [3.8, 4) is 5.88 Å². The normalized spacial score (nSPS) is 21.1. The third-order valence-electron chi connectivity index (χ3n) is 5.17. The Morgan fingerprint density at radius 2 is 2.03 bits per heavy atom. The average molecular weight is 472 g/mol. The summed E-state index contributed by atoms with van der Waals surface area (Å²) in [6, 6.07) is 5.14. The Morgan fingerprint density at radius 1 is 1.23 bits per heavy atom. The molecule has 8 nitrogen and oxygen atoms in total. The van der Waals surface area contributed by atoms with E-state index in [0.29, 0.717) is 12.8 Å². The van der Waals surface area contributed by atoms with Gasteiger partial charge in [-0.3, -0.25) is 9.10 Å². The molecule has 0 unspecified atom stereocenters. The predicted molar refractivity (Wildman–Crippen MR) is 112 cm³/mol. The van der Waals surface area contributed by atoms with E-state index in [-0.39, 0.29) is 51.3 Å². The topological polar surface area (TPSA) is 109 Å². The Balaban J connectivity index is 1.66. The minimum absolute atomic E-state index is 0.0336. The maximum atomic E-state index is 13.2. The molecule has 2 atom stereocenters. The van der Waals surface area contributed by atoms with E-state index < -0.39 is 22.0 Å². The molecule has 1 amide bonds. The second-order valence-corrected chi connectivity index (χ2v) is 9.80. The number of benzene rings is 1. The summed E-state index contributed by atoms with van der Waals surface area (Å²) in [6.07, 6.45) is 2.89. The van der Waals surface area contributed by atoms with Crippen molar-refractivity contribution in [2.75, 3.05) is 17.5 Å². The number of nitrogens with one attached hydrogen (secondary N) is 1. The number of carbonyl (C=O) groups is 1. The quantitative estimate of drug-likeness (QED) is 0.709. The van der Waals surface area contributed by atoms with Crippen molar-refractivity contribution in [1.29, 1.82) is 0 Å². The number of sulfonamides is 1. The van der Waals surface area contributed by atoms with E-state index in [4.69, 9.17) is 27.9 Å². The molecule has 1 fully saturated rings. The molecule has 0 radical (unpaired) electrons. The van der Waals surface area contributed by atoms with Gasteiger partial charge in [0.2, 0.25) is 5.88 Å². The van der Waals surface area contributed by atoms with Crippen LogP contribution in [0.4, 0.5) is 5.69 Å². The lowest BCUT2D eigenvalue weighted by Gasteiger charge is -2.30. The number of fused-ring (bicyclic) bond motifs is 1. The molecular formula is C19H19Cl2N3O5S. The highest BCUT2D eigenvalue weighted by Crippen LogP contribution is 2.35. The molecule has 2 heterocycles. The highest BCUT2D eigenvalue weighted by molar-refractivity contribution is 7.92. The summed E-state index contributed by atoms with van der Waals surface area (Å²) in [7, 11) is -3.99. The zero-order chi connectivity index (χ0) is 21.5. The van der Waals surface area contributed by atoms with Crippen molar-refractivity contribution in [2.45, 2.75) is 36.3 Å². The Kier molecular flexibility index (Phi) is 5.80. The number of aliphatic hydroxyl groups excluding tert-OH is 1. The van der Waals surface area contributed by atoms with Crippen molar-refractivity contribution in [3.05, 3.63) is 46.1 Å². The SMILES string of the molecule is O=C(N[C@H]1CCC[C@@H]1O)c1cnc2c(c1)N(S(=O)(=O)c1ccc(Cl)c(Cl)c1)CCO2. The predicted octanol–water partition coefficient (Wildman–Crippen LogP) is 2.62. The fourth-order valence-corrected chi connectivity index (χ4v) is 5.40. The summed E-state index contributed by atoms with van der Waals surface area (Å²) >= 11 is 11.9. The zero-order valence-electron chi connectivity index (χ0n) is 15.7. The van der Waals surface area contributed by atoms with Gasteiger partial charge in [-0.05, 0) is 43.5 Å². The first-order valence-corrected chi connectivity index (χ1v) is 11.6. The number of carbonyl (C=O) groups excluding carboxylic acids is 1. The van der Waals surface area contributed by atoms with Gasteiger partial charge in [-0.25, -0.2) is 13.4 Å². The molecule has 1 aliphatic heterocycles. The second kappa shape index (κ2) is 8.22. The molecule has 2 aromatic rings. The Hall–Kier alpha value is -2.07. The molecule has 1 aromatic carbocycles. The van der Waals surface area contributed by atoms with Gasteiger partial charge in [0, 0.05) is 6.20 Å². The Morgan fingerprint density at radius 3 is 2.73 bits per heavy atom. The number of rotatable bonds is 4. The van der Waals surface area contributed by atoms with Crippen molar-refractivity contribution < 1.29 is 23.1 Å². The largest absolute Gasteiger partial charge is 0.474 e. The van der Waals surface area contributed by atoms with Crippen LogP contribution in [0.1, 0.15) is 29.6 Å². The summed E-state index contributed by atoms with van der Waals surface area (Å²) in [5.74, 6) is -0.323. The standard InChI is InChI=1S/C19H19Cl2N3O5S/c20-13-5-4-12(9-14(13)21)30(27,28)24-6-7-29-19-16(24)8-11(10-22-19)18(26)23-15-2-1-3-17(15)25/h4-5,8-10,15,17,25H,1-3,6-7H2,(H,23,26)/t15-,17-/m0/s1. The Bertz CT molecular complexity index is 1100. The van der Waals surface area contributed by atoms with Crippen LogP contribution in [0.2, 0.25) is 10.0 Å². The zero-order valence-corrected chi connectivity index (χ0v) is 18.0. The molecule has 1 aliphatic carbocycles. The summed E-state index contributed by atoms with van der Waals surface area (Å²) in [5.41, 5.74) is 0.333. The van der Waals surface area contributed by atoms with Crippen LogP contribution in [0.5, 0.6) is 5.88 Å². The summed E-state index contributed by atoms with van der Waals surface area (Å²) in [6.45, 7) is 0.157. The lowest BCUT2D eigenvalue weighted by Crippen LogP contribution is -2.41. The first kappa shape index (κ1) is 21.2. The number of aromatic nitrogens is 1. The Labute approximate surface area is 183 Å². The number of pyridine rings is 1. The number of hydrogen-bond donors (Lipinski definition) is 2. The van der Waals surface area contributed by atoms with E-state index in [9.17, 15) is 18.3 Å². The molecule has 2 N–H and O–H groups in total. The van der Waals surface area contributed by atoms with Crippen LogP contribution in [-0.2, 0) is 10.0 Å². The van der Waals surface area contributed by atoms with Crippen LogP contribution in [-0.4, -0.2) is 49.7 Å². The molecule has 11 heteroatoms. The molecular weight excluding hydrogens is 453 g/mol. The number of ether oxygens (including phenoxy) is 1. The number of anilines is 1. The van der Waals surface area contributed by atoms with Crippen molar-refractivity contribution >= 4 is 44.8 Å². The van der Waals surface area contributed by atoms with E-state index in [1.54, 1.807) is 0 Å². The molecule has 0 bridgehead atoms. The third kappa shape index (κ3) is 3.94. The van der Waals surface area contributed by atoms with Crippen molar-refractivity contribution in [3.63, 3.8) is 0 Å². The van der Waals surface area contributed by atoms with Gasteiger partial charge < -0.3 is 15.2 Å². The van der Waals surface area contributed by atoms with Gasteiger partial charge in [0.05, 0.1) is 39.2 Å². The summed E-state index contributed by atoms with van der Waals surface area (Å²) in [4.78, 5) is 16.7. The smallest absolute Gasteiger partial charge is 0.264 e. The minimum Gasteiger partial charge on any atom is -0.474 e. The maximum Gasteiger partial charge on any atom is 0.264 e. The number of halogens is 2. The number of amides is 1. The fourth-order valence-electron chi connectivity index (χ4n) is 3.58. The lowest BCUT2D eigenvalue weighted by molar-refractivity contribution is 0.0872. The van der Waals surface area contributed by atoms with Crippen LogP contribution in [0, 0.1) is 0 Å². The maximum absolute atomic E-state index is 13.2. The molecule has 30 heavy (non-hydrogen) atoms. The first-order chi connectivity index (χ1) is 14.3. The number of nitrogens with zero attached hydrogens (tertiary/aromatic N) is 2. The molecule has 1 aromatic heterocycles. The van der Waals surface area contributed by atoms with E-state index in [1.807, 2.05) is 0 Å². The van der Waals surface area contributed by atoms with Crippen LogP contribution in [0.25, 0.3) is 0 Å². The number of hydrogen-bond acceptors (Lipinski definition) is 6. The van der Waals surface area contributed by atoms with Crippen LogP contribution >= 0.6 is 23.2 Å². The van der Waals surface area contributed by atoms with Gasteiger partial charge in [0.15, 0.2) is 0 Å². The average Bonchev–Trinajstić information content (AvgIpc) is 3.13. The first-order valence-electron chi connectivity index (χ1n) is 9.37. The van der Waals surface area contributed by atoms with Gasteiger partial charge in [-0.1, -0.05) is 23.2 Å². The highest BCUT2D eigenvalue weighted by atomic mass is 35.5. The van der Waals surface area contributed by atoms with Crippen LogP contribution < -0.4 is 14.4 Å². The lowest BCUT2D eigenvalue weighted by atomic mass is 10.2. The van der Waals surface area contributed by atoms with E-state index in [2.05, 4.69) is 10.3 Å². The van der Waals surface area contributed by atoms with Gasteiger partial charge in [-0.15, -0.1) is 0 Å². The van der Waals surface area contributed by atoms with E-state index >= 15 is 0 Å². The van der Waals surface area contributed by atoms with Crippen molar-refractivity contribution in [1.82, 2.24) is 10.3 Å². The van der Waals surface area contributed by atoms with Gasteiger partial charge in [0.1, 0.15) is 12.3 Å². The molecule has 2 aliphatic rings. The summed E-state index contributed by atoms with van der Waals surface area (Å²) < 4.78 is 33.1. The van der Waals surface area contributed by atoms with Crippen LogP contribution in [0.15, 0.2) is 35.4 Å². The molecule has 0 saturated heterocycles. The third-order valence-corrected chi connectivity index (χ3v) is 7.72. The highest BCUT2D eigenvalue weighted by Gasteiger charge is 2.33. The monoisotopic (exact) mass is 471 g/mol. The van der Waals surface area contributed by atoms with E-state index in [0.717, 1.165) is 10.7 Å². The van der Waals surface area contributed by atoms with Crippen molar-refractivity contribution in [2.24, 2.45) is 0 Å². The summed E-state index contributed by atoms with van der Waals surface area (Å²) in [5, 5.41) is 13.1. The van der Waals surface area contributed by atoms with Gasteiger partial charge >= 0.3 is 0 Å².